The molecule has 0 amide bonds. The third-order valence-electron chi connectivity index (χ3n) is 1.91. The Morgan fingerprint density at radius 1 is 1.42 bits per heavy atom. The number of aryl methyl sites for hydroxylation is 1. The molecule has 0 atom stereocenters. The van der Waals surface area contributed by atoms with E-state index in [2.05, 4.69) is 17.5 Å². The van der Waals surface area contributed by atoms with E-state index in [0.29, 0.717) is 0 Å². The average Bonchev–Trinajstić information content (AvgIpc) is 2.52. The normalized spacial score (nSPS) is 10.0. The van der Waals surface area contributed by atoms with Crippen molar-refractivity contribution in [2.45, 2.75) is 6.92 Å². The van der Waals surface area contributed by atoms with Gasteiger partial charge >= 0.3 is 0 Å². The minimum absolute atomic E-state index is 0.752. The summed E-state index contributed by atoms with van der Waals surface area (Å²) < 4.78 is 1.20. The Labute approximate surface area is 74.9 Å². The second kappa shape index (κ2) is 2.62. The molecule has 1 nitrogen and oxygen atoms in total. The molecule has 0 radical (unpaired) electrons. The van der Waals surface area contributed by atoms with Crippen LogP contribution in [-0.4, -0.2) is 0 Å². The highest BCUT2D eigenvalue weighted by molar-refractivity contribution is 7.17. The molecule has 0 saturated carbocycles. The number of nitrogens with zero attached hydrogens (tertiary/aromatic N) is 1. The maximum atomic E-state index is 8.71. The standard InChI is InChI=1S/C10H7NS/c1-7-4-8(6-11)5-10-9(7)2-3-12-10/h2-5H,1H3. The summed E-state index contributed by atoms with van der Waals surface area (Å²) in [6.07, 6.45) is 0. The Hall–Kier alpha value is -1.33. The van der Waals surface area contributed by atoms with E-state index in [1.54, 1.807) is 11.3 Å². The zero-order chi connectivity index (χ0) is 8.55. The van der Waals surface area contributed by atoms with Crippen LogP contribution in [0, 0.1) is 18.3 Å². The van der Waals surface area contributed by atoms with Crippen LogP contribution in [0.5, 0.6) is 0 Å². The molecule has 0 aliphatic carbocycles. The summed E-state index contributed by atoms with van der Waals surface area (Å²) in [6.45, 7) is 2.04. The number of nitriles is 1. The predicted molar refractivity (Wildman–Crippen MR) is 51.3 cm³/mol. The topological polar surface area (TPSA) is 23.8 Å². The van der Waals surface area contributed by atoms with Crippen molar-refractivity contribution in [3.63, 3.8) is 0 Å². The summed E-state index contributed by atoms with van der Waals surface area (Å²) in [6, 6.07) is 8.11. The highest BCUT2D eigenvalue weighted by Crippen LogP contribution is 2.25. The largest absolute Gasteiger partial charge is 0.192 e. The summed E-state index contributed by atoms with van der Waals surface area (Å²) >= 11 is 1.68. The van der Waals surface area contributed by atoms with Crippen molar-refractivity contribution in [2.24, 2.45) is 0 Å². The van der Waals surface area contributed by atoms with Crippen molar-refractivity contribution in [2.75, 3.05) is 0 Å². The molecule has 2 aromatic rings. The van der Waals surface area contributed by atoms with Gasteiger partial charge in [-0.1, -0.05) is 0 Å². The van der Waals surface area contributed by atoms with Crippen LogP contribution >= 0.6 is 11.3 Å². The highest BCUT2D eigenvalue weighted by Gasteiger charge is 2.00. The number of benzene rings is 1. The van der Waals surface area contributed by atoms with Gasteiger partial charge in [0.2, 0.25) is 0 Å². The van der Waals surface area contributed by atoms with Crippen molar-refractivity contribution in [1.29, 1.82) is 5.26 Å². The second-order valence-corrected chi connectivity index (χ2v) is 3.69. The highest BCUT2D eigenvalue weighted by atomic mass is 32.1. The van der Waals surface area contributed by atoms with Gasteiger partial charge in [-0.15, -0.1) is 11.3 Å². The summed E-state index contributed by atoms with van der Waals surface area (Å²) in [5.41, 5.74) is 1.94. The molecule has 1 heterocycles. The molecule has 58 valence electrons. The summed E-state index contributed by atoms with van der Waals surface area (Å²) in [5.74, 6) is 0. The van der Waals surface area contributed by atoms with Crippen LogP contribution in [-0.2, 0) is 0 Å². The first-order valence-electron chi connectivity index (χ1n) is 3.69. The Bertz CT molecular complexity index is 462. The van der Waals surface area contributed by atoms with Crippen LogP contribution in [0.2, 0.25) is 0 Å². The van der Waals surface area contributed by atoms with E-state index in [9.17, 15) is 0 Å². The van der Waals surface area contributed by atoms with Gasteiger partial charge in [-0.05, 0) is 41.5 Å². The Balaban J connectivity index is 2.86. The third kappa shape index (κ3) is 0.992. The molecule has 1 aromatic heterocycles. The average molecular weight is 173 g/mol. The molecular weight excluding hydrogens is 166 g/mol. The third-order valence-corrected chi connectivity index (χ3v) is 2.77. The van der Waals surface area contributed by atoms with Crippen LogP contribution < -0.4 is 0 Å². The molecule has 0 unspecified atom stereocenters. The maximum Gasteiger partial charge on any atom is 0.0992 e. The van der Waals surface area contributed by atoms with Gasteiger partial charge in [-0.3, -0.25) is 0 Å². The summed E-state index contributed by atoms with van der Waals surface area (Å²) in [4.78, 5) is 0. The van der Waals surface area contributed by atoms with Gasteiger partial charge < -0.3 is 0 Å². The fourth-order valence-electron chi connectivity index (χ4n) is 1.32. The van der Waals surface area contributed by atoms with Crippen molar-refractivity contribution in [1.82, 2.24) is 0 Å². The molecule has 1 aromatic carbocycles. The van der Waals surface area contributed by atoms with E-state index in [1.807, 2.05) is 19.1 Å². The Morgan fingerprint density at radius 3 is 3.00 bits per heavy atom. The van der Waals surface area contributed by atoms with Gasteiger partial charge in [0.05, 0.1) is 11.6 Å². The molecule has 12 heavy (non-hydrogen) atoms. The molecular formula is C10H7NS. The lowest BCUT2D eigenvalue weighted by atomic mass is 10.1. The lowest BCUT2D eigenvalue weighted by Gasteiger charge is -1.95. The summed E-state index contributed by atoms with van der Waals surface area (Å²) in [7, 11) is 0. The fraction of sp³-hybridized carbons (Fsp3) is 0.100. The van der Waals surface area contributed by atoms with Gasteiger partial charge in [0, 0.05) is 4.70 Å². The molecule has 2 heteroatoms. The number of hydrogen-bond donors (Lipinski definition) is 0. The molecule has 0 aliphatic rings. The lowest BCUT2D eigenvalue weighted by molar-refractivity contribution is 1.46. The molecule has 0 spiro atoms. The number of thiophene rings is 1. The molecule has 0 saturated heterocycles. The molecule has 0 fully saturated rings. The van der Waals surface area contributed by atoms with Gasteiger partial charge in [0.1, 0.15) is 0 Å². The van der Waals surface area contributed by atoms with Gasteiger partial charge in [0.15, 0.2) is 0 Å². The van der Waals surface area contributed by atoms with E-state index in [4.69, 9.17) is 5.26 Å². The number of fused-ring (bicyclic) bond motifs is 1. The van der Waals surface area contributed by atoms with Crippen molar-refractivity contribution in [3.05, 3.63) is 34.7 Å². The zero-order valence-corrected chi connectivity index (χ0v) is 7.48. The van der Waals surface area contributed by atoms with Gasteiger partial charge in [-0.25, -0.2) is 0 Å². The minimum atomic E-state index is 0.752. The molecule has 0 aliphatic heterocycles. The van der Waals surface area contributed by atoms with E-state index in [-0.39, 0.29) is 0 Å². The van der Waals surface area contributed by atoms with E-state index >= 15 is 0 Å². The summed E-state index contributed by atoms with van der Waals surface area (Å²) in [5, 5.41) is 12.0. The van der Waals surface area contributed by atoms with Crippen molar-refractivity contribution < 1.29 is 0 Å². The smallest absolute Gasteiger partial charge is 0.0992 e. The van der Waals surface area contributed by atoms with E-state index in [1.165, 1.54) is 15.6 Å². The van der Waals surface area contributed by atoms with Crippen molar-refractivity contribution >= 4 is 21.4 Å². The van der Waals surface area contributed by atoms with Crippen LogP contribution in [0.15, 0.2) is 23.6 Å². The zero-order valence-electron chi connectivity index (χ0n) is 6.66. The quantitative estimate of drug-likeness (QED) is 0.600. The van der Waals surface area contributed by atoms with E-state index in [0.717, 1.165) is 5.56 Å². The molecule has 2 rings (SSSR count). The fourth-order valence-corrected chi connectivity index (χ4v) is 2.22. The van der Waals surface area contributed by atoms with Crippen LogP contribution in [0.1, 0.15) is 11.1 Å². The maximum absolute atomic E-state index is 8.71. The van der Waals surface area contributed by atoms with Crippen LogP contribution in [0.25, 0.3) is 10.1 Å². The van der Waals surface area contributed by atoms with Gasteiger partial charge in [-0.2, -0.15) is 5.26 Å². The van der Waals surface area contributed by atoms with Crippen molar-refractivity contribution in [3.8, 4) is 6.07 Å². The van der Waals surface area contributed by atoms with E-state index < -0.39 is 0 Å². The number of hydrogen-bond acceptors (Lipinski definition) is 2. The Morgan fingerprint density at radius 2 is 2.25 bits per heavy atom. The monoisotopic (exact) mass is 173 g/mol. The second-order valence-electron chi connectivity index (χ2n) is 2.74. The van der Waals surface area contributed by atoms with Crippen LogP contribution in [0.3, 0.4) is 0 Å². The minimum Gasteiger partial charge on any atom is -0.192 e. The SMILES string of the molecule is Cc1cc(C#N)cc2sccc12. The number of rotatable bonds is 0. The first-order valence-corrected chi connectivity index (χ1v) is 4.57. The first kappa shape index (κ1) is 7.33. The Kier molecular flexibility index (Phi) is 1.60. The lowest BCUT2D eigenvalue weighted by Crippen LogP contribution is -1.77. The van der Waals surface area contributed by atoms with Gasteiger partial charge in [0.25, 0.3) is 0 Å². The molecule has 0 N–H and O–H groups in total. The first-order chi connectivity index (χ1) is 5.81. The molecule has 0 bridgehead atoms. The van der Waals surface area contributed by atoms with Crippen LogP contribution in [0.4, 0.5) is 0 Å². The predicted octanol–water partition coefficient (Wildman–Crippen LogP) is 3.08.